The molecule has 6 nitrogen and oxygen atoms in total. The van der Waals surface area contributed by atoms with E-state index in [1.54, 1.807) is 0 Å². The number of Topliss-reactive ketones (excluding diaryl/α,β-unsaturated/α-hetero) is 1. The van der Waals surface area contributed by atoms with Gasteiger partial charge in [0, 0.05) is 17.3 Å². The number of carbonyl (C=O) groups excluding carboxylic acids is 1. The molecule has 6 rings (SSSR count). The van der Waals surface area contributed by atoms with Gasteiger partial charge in [0.15, 0.2) is 5.78 Å². The van der Waals surface area contributed by atoms with E-state index in [9.17, 15) is 25.2 Å². The third-order valence-corrected chi connectivity index (χ3v) is 8.88. The summed E-state index contributed by atoms with van der Waals surface area (Å²) in [6.07, 6.45) is -0.747. The fourth-order valence-corrected chi connectivity index (χ4v) is 7.90. The van der Waals surface area contributed by atoms with Crippen LogP contribution in [0.15, 0.2) is 12.2 Å². The Kier molecular flexibility index (Phi) is 3.07. The van der Waals surface area contributed by atoms with Gasteiger partial charge in [-0.3, -0.25) is 4.79 Å². The molecule has 0 aromatic rings. The maximum atomic E-state index is 13.3. The van der Waals surface area contributed by atoms with Gasteiger partial charge in [0.2, 0.25) is 5.79 Å². The first-order chi connectivity index (χ1) is 12.1. The van der Waals surface area contributed by atoms with Crippen LogP contribution in [0.2, 0.25) is 0 Å². The normalized spacial score (nSPS) is 59.9. The van der Waals surface area contributed by atoms with Crippen LogP contribution in [0.3, 0.4) is 0 Å². The molecule has 4 N–H and O–H groups in total. The first-order valence-electron chi connectivity index (χ1n) is 9.71. The van der Waals surface area contributed by atoms with Crippen molar-refractivity contribution in [3.05, 3.63) is 12.2 Å². The van der Waals surface area contributed by atoms with E-state index in [2.05, 4.69) is 6.58 Å². The number of carbonyl (C=O) groups is 1. The smallest absolute Gasteiger partial charge is 0.208 e. The summed E-state index contributed by atoms with van der Waals surface area (Å²) < 4.78 is 5.80. The lowest BCUT2D eigenvalue weighted by molar-refractivity contribution is -0.458. The minimum Gasteiger partial charge on any atom is -0.392 e. The first-order valence-corrected chi connectivity index (χ1v) is 9.71. The number of hydrogen-bond acceptors (Lipinski definition) is 6. The van der Waals surface area contributed by atoms with Crippen molar-refractivity contribution in [2.24, 2.45) is 34.0 Å². The summed E-state index contributed by atoms with van der Waals surface area (Å²) in [7, 11) is 0. The number of aliphatic hydroxyl groups is 4. The van der Waals surface area contributed by atoms with E-state index in [-0.39, 0.29) is 12.0 Å². The van der Waals surface area contributed by atoms with Crippen LogP contribution in [0.1, 0.15) is 39.5 Å². The monoisotopic (exact) mass is 364 g/mol. The van der Waals surface area contributed by atoms with E-state index in [0.29, 0.717) is 24.8 Å². The van der Waals surface area contributed by atoms with Gasteiger partial charge >= 0.3 is 0 Å². The molecule has 9 atom stereocenters. The highest BCUT2D eigenvalue weighted by molar-refractivity contribution is 6.05. The van der Waals surface area contributed by atoms with Gasteiger partial charge in [-0.05, 0) is 42.6 Å². The van der Waals surface area contributed by atoms with E-state index in [0.717, 1.165) is 6.42 Å². The Morgan fingerprint density at radius 1 is 1.12 bits per heavy atom. The SMILES string of the molecule is C=C1C(=O)[C@]23[C@H](CC[C@H]1[C@@H]2O)[C@]12CO[C@@]3(O)[C@@H](O)[C@@H]1C(C)(C)CC[C@@H]2O. The Morgan fingerprint density at radius 3 is 2.50 bits per heavy atom. The number of ether oxygens (including phenoxy) is 1. The summed E-state index contributed by atoms with van der Waals surface area (Å²) >= 11 is 0. The Bertz CT molecular complexity index is 717. The topological polar surface area (TPSA) is 107 Å². The van der Waals surface area contributed by atoms with Crippen LogP contribution in [-0.4, -0.2) is 56.9 Å². The molecular weight excluding hydrogens is 336 g/mol. The molecule has 0 aromatic heterocycles. The molecule has 144 valence electrons. The van der Waals surface area contributed by atoms with E-state index in [1.165, 1.54) is 0 Å². The van der Waals surface area contributed by atoms with Crippen LogP contribution >= 0.6 is 0 Å². The third-order valence-electron chi connectivity index (χ3n) is 8.88. The standard InChI is InChI=1S/C20H28O6/c1-9-10-4-5-11-18-8-26-20(25,19(11,14(9)22)15(10)23)16(24)13(18)17(2,3)7-6-12(18)21/h10-13,15-16,21,23-25H,1,4-8H2,2-3H3/t10-,11-,12+,13-,15+,16+,18+,19-,20+/m1/s1. The first kappa shape index (κ1) is 17.3. The van der Waals surface area contributed by atoms with Crippen molar-refractivity contribution in [1.82, 2.24) is 0 Å². The molecule has 6 heteroatoms. The van der Waals surface area contributed by atoms with Crippen LogP contribution in [0.25, 0.3) is 0 Å². The van der Waals surface area contributed by atoms with Gasteiger partial charge in [-0.1, -0.05) is 20.4 Å². The summed E-state index contributed by atoms with van der Waals surface area (Å²) in [5, 5.41) is 45.1. The van der Waals surface area contributed by atoms with E-state index < -0.39 is 58.5 Å². The molecule has 2 spiro atoms. The number of hydrogen-bond donors (Lipinski definition) is 4. The number of ketones is 1. The maximum Gasteiger partial charge on any atom is 0.208 e. The minimum atomic E-state index is -2.15. The van der Waals surface area contributed by atoms with Crippen molar-refractivity contribution in [3.8, 4) is 0 Å². The highest BCUT2D eigenvalue weighted by atomic mass is 16.6. The highest BCUT2D eigenvalue weighted by Gasteiger charge is 2.86. The molecule has 6 aliphatic rings. The molecular formula is C20H28O6. The van der Waals surface area contributed by atoms with Crippen LogP contribution in [0, 0.1) is 34.0 Å². The molecule has 0 aromatic carbocycles. The van der Waals surface area contributed by atoms with Crippen molar-refractivity contribution in [3.63, 3.8) is 0 Å². The van der Waals surface area contributed by atoms with Crippen molar-refractivity contribution >= 4 is 5.78 Å². The van der Waals surface area contributed by atoms with Crippen molar-refractivity contribution in [1.29, 1.82) is 0 Å². The molecule has 0 radical (unpaired) electrons. The fourth-order valence-electron chi connectivity index (χ4n) is 7.90. The van der Waals surface area contributed by atoms with Crippen LogP contribution in [0.4, 0.5) is 0 Å². The second kappa shape index (κ2) is 4.61. The molecule has 4 aliphatic carbocycles. The third kappa shape index (κ3) is 1.41. The van der Waals surface area contributed by atoms with E-state index >= 15 is 0 Å². The van der Waals surface area contributed by atoms with Gasteiger partial charge in [0.1, 0.15) is 11.5 Å². The molecule has 2 aliphatic heterocycles. The molecule has 0 amide bonds. The van der Waals surface area contributed by atoms with E-state index in [4.69, 9.17) is 4.74 Å². The second-order valence-corrected chi connectivity index (χ2v) is 9.97. The second-order valence-electron chi connectivity index (χ2n) is 9.97. The van der Waals surface area contributed by atoms with E-state index in [1.807, 2.05) is 13.8 Å². The fraction of sp³-hybridized carbons (Fsp3) is 0.850. The Hall–Kier alpha value is -0.790. The van der Waals surface area contributed by atoms with Crippen molar-refractivity contribution in [2.45, 2.75) is 63.6 Å². The van der Waals surface area contributed by atoms with Crippen LogP contribution in [0.5, 0.6) is 0 Å². The van der Waals surface area contributed by atoms with Gasteiger partial charge < -0.3 is 25.2 Å². The van der Waals surface area contributed by atoms with Gasteiger partial charge in [0.25, 0.3) is 0 Å². The molecule has 6 fully saturated rings. The summed E-state index contributed by atoms with van der Waals surface area (Å²) in [5.41, 5.74) is -2.49. The average molecular weight is 364 g/mol. The molecule has 4 saturated carbocycles. The Morgan fingerprint density at radius 2 is 1.81 bits per heavy atom. The zero-order chi connectivity index (χ0) is 18.9. The quantitative estimate of drug-likeness (QED) is 0.463. The van der Waals surface area contributed by atoms with Crippen molar-refractivity contribution < 1.29 is 30.0 Å². The Balaban J connectivity index is 1.81. The molecule has 2 saturated heterocycles. The minimum absolute atomic E-state index is 0.0966. The number of aliphatic hydroxyl groups excluding tert-OH is 3. The van der Waals surface area contributed by atoms with Gasteiger partial charge in [-0.25, -0.2) is 0 Å². The highest BCUT2D eigenvalue weighted by Crippen LogP contribution is 2.76. The van der Waals surface area contributed by atoms with Crippen LogP contribution in [-0.2, 0) is 9.53 Å². The molecule has 2 heterocycles. The lowest BCUT2D eigenvalue weighted by atomic mass is 9.35. The number of rotatable bonds is 0. The molecule has 26 heavy (non-hydrogen) atoms. The summed E-state index contributed by atoms with van der Waals surface area (Å²) in [6, 6.07) is 0. The predicted molar refractivity (Wildman–Crippen MR) is 90.7 cm³/mol. The van der Waals surface area contributed by atoms with Gasteiger partial charge in [0.05, 0.1) is 18.8 Å². The summed E-state index contributed by atoms with van der Waals surface area (Å²) in [5.74, 6) is -3.80. The summed E-state index contributed by atoms with van der Waals surface area (Å²) in [4.78, 5) is 13.3. The predicted octanol–water partition coefficient (Wildman–Crippen LogP) is 0.376. The zero-order valence-electron chi connectivity index (χ0n) is 15.3. The van der Waals surface area contributed by atoms with Gasteiger partial charge in [-0.15, -0.1) is 0 Å². The largest absolute Gasteiger partial charge is 0.392 e. The molecule has 0 unspecified atom stereocenters. The van der Waals surface area contributed by atoms with Crippen LogP contribution < -0.4 is 0 Å². The number of fused-ring (bicyclic) bond motifs is 2. The lowest BCUT2D eigenvalue weighted by Gasteiger charge is -2.74. The molecule has 4 bridgehead atoms. The Labute approximate surface area is 152 Å². The maximum absolute atomic E-state index is 13.3. The van der Waals surface area contributed by atoms with Gasteiger partial charge in [-0.2, -0.15) is 0 Å². The lowest BCUT2D eigenvalue weighted by Crippen LogP contribution is -2.85. The zero-order valence-corrected chi connectivity index (χ0v) is 15.3. The summed E-state index contributed by atoms with van der Waals surface area (Å²) in [6.45, 7) is 8.07. The van der Waals surface area contributed by atoms with Crippen molar-refractivity contribution in [2.75, 3.05) is 6.61 Å². The average Bonchev–Trinajstić information content (AvgIpc) is 2.69.